The van der Waals surface area contributed by atoms with Crippen LogP contribution in [-0.2, 0) is 16.6 Å². The first-order valence-electron chi connectivity index (χ1n) is 7.58. The van der Waals surface area contributed by atoms with Crippen LogP contribution < -0.4 is 4.31 Å². The van der Waals surface area contributed by atoms with Gasteiger partial charge in [0, 0.05) is 6.54 Å². The molecular weight excluding hydrogens is 314 g/mol. The minimum atomic E-state index is -3.81. The van der Waals surface area contributed by atoms with E-state index in [9.17, 15) is 13.5 Å². The molecule has 1 aromatic heterocycles. The van der Waals surface area contributed by atoms with Crippen LogP contribution in [0.5, 0.6) is 0 Å². The molecule has 0 radical (unpaired) electrons. The van der Waals surface area contributed by atoms with E-state index in [1.165, 1.54) is 4.31 Å². The Morgan fingerprint density at radius 2 is 1.87 bits per heavy atom. The molecule has 7 heteroatoms. The molecule has 0 saturated heterocycles. The SMILES string of the molecule is CCn1nc(C)c(S(=O)(=O)N(C[C@@H](C)O)c2ccccc2)c1C. The number of benzene rings is 1. The summed E-state index contributed by atoms with van der Waals surface area (Å²) in [7, 11) is -3.81. The molecule has 2 aromatic rings. The Morgan fingerprint density at radius 1 is 1.26 bits per heavy atom. The first kappa shape index (κ1) is 17.5. The summed E-state index contributed by atoms with van der Waals surface area (Å²) in [5.74, 6) is 0. The average molecular weight is 337 g/mol. The smallest absolute Gasteiger partial charge is 0.268 e. The molecule has 0 unspecified atom stereocenters. The molecule has 0 saturated carbocycles. The highest BCUT2D eigenvalue weighted by atomic mass is 32.2. The van der Waals surface area contributed by atoms with E-state index in [0.717, 1.165) is 0 Å². The van der Waals surface area contributed by atoms with Gasteiger partial charge in [0.25, 0.3) is 10.0 Å². The Balaban J connectivity index is 2.60. The highest BCUT2D eigenvalue weighted by Crippen LogP contribution is 2.28. The van der Waals surface area contributed by atoms with Crippen LogP contribution in [0.2, 0.25) is 0 Å². The van der Waals surface area contributed by atoms with E-state index >= 15 is 0 Å². The van der Waals surface area contributed by atoms with Gasteiger partial charge in [0.1, 0.15) is 4.90 Å². The van der Waals surface area contributed by atoms with E-state index in [0.29, 0.717) is 23.6 Å². The zero-order chi connectivity index (χ0) is 17.2. The molecule has 1 aromatic carbocycles. The number of anilines is 1. The fourth-order valence-electron chi connectivity index (χ4n) is 2.65. The molecule has 23 heavy (non-hydrogen) atoms. The monoisotopic (exact) mass is 337 g/mol. The van der Waals surface area contributed by atoms with Gasteiger partial charge in [-0.3, -0.25) is 8.99 Å². The first-order chi connectivity index (χ1) is 10.8. The van der Waals surface area contributed by atoms with E-state index in [1.54, 1.807) is 49.7 Å². The summed E-state index contributed by atoms with van der Waals surface area (Å²) in [6.07, 6.45) is -0.785. The van der Waals surface area contributed by atoms with Crippen molar-refractivity contribution in [3.63, 3.8) is 0 Å². The Kier molecular flexibility index (Phi) is 5.11. The van der Waals surface area contributed by atoms with Crippen LogP contribution in [0.25, 0.3) is 0 Å². The van der Waals surface area contributed by atoms with Crippen molar-refractivity contribution in [2.24, 2.45) is 0 Å². The van der Waals surface area contributed by atoms with Crippen LogP contribution in [0.3, 0.4) is 0 Å². The van der Waals surface area contributed by atoms with Crippen molar-refractivity contribution in [1.29, 1.82) is 0 Å². The Hall–Kier alpha value is -1.86. The molecule has 6 nitrogen and oxygen atoms in total. The lowest BCUT2D eigenvalue weighted by Gasteiger charge is -2.25. The molecule has 1 atom stereocenters. The quantitative estimate of drug-likeness (QED) is 0.876. The highest BCUT2D eigenvalue weighted by Gasteiger charge is 2.31. The van der Waals surface area contributed by atoms with Gasteiger partial charge in [0.05, 0.1) is 29.7 Å². The van der Waals surface area contributed by atoms with Crippen LogP contribution in [-0.4, -0.2) is 36.0 Å². The number of nitrogens with zero attached hydrogens (tertiary/aromatic N) is 3. The zero-order valence-corrected chi connectivity index (χ0v) is 14.7. The molecule has 0 aliphatic carbocycles. The maximum Gasteiger partial charge on any atom is 0.268 e. The second kappa shape index (κ2) is 6.72. The van der Waals surface area contributed by atoms with Gasteiger partial charge in [-0.25, -0.2) is 8.42 Å². The molecule has 0 amide bonds. The maximum absolute atomic E-state index is 13.2. The van der Waals surface area contributed by atoms with Crippen LogP contribution in [0.1, 0.15) is 25.2 Å². The second-order valence-electron chi connectivity index (χ2n) is 5.54. The number of para-hydroxylation sites is 1. The number of aromatic nitrogens is 2. The Labute approximate surface area is 137 Å². The molecule has 0 aliphatic rings. The van der Waals surface area contributed by atoms with Gasteiger partial charge in [-0.15, -0.1) is 0 Å². The highest BCUT2D eigenvalue weighted by molar-refractivity contribution is 7.93. The number of rotatable bonds is 6. The molecule has 1 heterocycles. The molecular formula is C16H23N3O3S. The van der Waals surface area contributed by atoms with E-state index in [4.69, 9.17) is 0 Å². The predicted molar refractivity (Wildman–Crippen MR) is 90.0 cm³/mol. The van der Waals surface area contributed by atoms with Crippen LogP contribution in [0.4, 0.5) is 5.69 Å². The van der Waals surface area contributed by atoms with Gasteiger partial charge in [-0.2, -0.15) is 5.10 Å². The van der Waals surface area contributed by atoms with E-state index in [-0.39, 0.29) is 11.4 Å². The lowest BCUT2D eigenvalue weighted by molar-refractivity contribution is 0.204. The van der Waals surface area contributed by atoms with Gasteiger partial charge < -0.3 is 5.11 Å². The van der Waals surface area contributed by atoms with Gasteiger partial charge in [-0.05, 0) is 39.8 Å². The minimum absolute atomic E-state index is 0.0114. The van der Waals surface area contributed by atoms with Crippen molar-refractivity contribution in [3.05, 3.63) is 41.7 Å². The average Bonchev–Trinajstić information content (AvgIpc) is 2.80. The summed E-state index contributed by atoms with van der Waals surface area (Å²) in [6, 6.07) is 8.80. The number of aliphatic hydroxyl groups is 1. The zero-order valence-electron chi connectivity index (χ0n) is 13.9. The van der Waals surface area contributed by atoms with Gasteiger partial charge in [0.15, 0.2) is 0 Å². The van der Waals surface area contributed by atoms with Crippen molar-refractivity contribution in [1.82, 2.24) is 9.78 Å². The van der Waals surface area contributed by atoms with E-state index < -0.39 is 16.1 Å². The topological polar surface area (TPSA) is 75.4 Å². The molecule has 0 fully saturated rings. The lowest BCUT2D eigenvalue weighted by atomic mass is 10.3. The fraction of sp³-hybridized carbons (Fsp3) is 0.438. The molecule has 0 aliphatic heterocycles. The number of aryl methyl sites for hydroxylation is 2. The predicted octanol–water partition coefficient (Wildman–Crippen LogP) is 2.10. The van der Waals surface area contributed by atoms with Gasteiger partial charge in [0.2, 0.25) is 0 Å². The second-order valence-corrected chi connectivity index (χ2v) is 7.34. The fourth-order valence-corrected chi connectivity index (χ4v) is 4.57. The lowest BCUT2D eigenvalue weighted by Crippen LogP contribution is -2.37. The summed E-state index contributed by atoms with van der Waals surface area (Å²) in [4.78, 5) is 0.212. The van der Waals surface area contributed by atoms with Crippen molar-refractivity contribution in [2.45, 2.75) is 45.2 Å². The Bertz CT molecular complexity index is 767. The maximum atomic E-state index is 13.2. The van der Waals surface area contributed by atoms with E-state index in [1.807, 2.05) is 13.0 Å². The van der Waals surface area contributed by atoms with Crippen LogP contribution in [0, 0.1) is 13.8 Å². The minimum Gasteiger partial charge on any atom is -0.392 e. The van der Waals surface area contributed by atoms with Crippen molar-refractivity contribution in [3.8, 4) is 0 Å². The van der Waals surface area contributed by atoms with Gasteiger partial charge >= 0.3 is 0 Å². The summed E-state index contributed by atoms with van der Waals surface area (Å²) in [6.45, 7) is 7.52. The standard InChI is InChI=1S/C16H23N3O3S/c1-5-18-14(4)16(13(3)17-18)23(21,22)19(11-12(2)20)15-9-7-6-8-10-15/h6-10,12,20H,5,11H2,1-4H3/t12-/m1/s1. The number of hydrogen-bond acceptors (Lipinski definition) is 4. The third-order valence-electron chi connectivity index (χ3n) is 3.64. The van der Waals surface area contributed by atoms with Crippen molar-refractivity contribution >= 4 is 15.7 Å². The van der Waals surface area contributed by atoms with Gasteiger partial charge in [-0.1, -0.05) is 18.2 Å². The number of aliphatic hydroxyl groups excluding tert-OH is 1. The third-order valence-corrected chi connectivity index (χ3v) is 5.68. The van der Waals surface area contributed by atoms with Crippen molar-refractivity contribution in [2.75, 3.05) is 10.8 Å². The summed E-state index contributed by atoms with van der Waals surface area (Å²) in [5, 5.41) is 14.1. The third kappa shape index (κ3) is 3.40. The van der Waals surface area contributed by atoms with Crippen LogP contribution >= 0.6 is 0 Å². The largest absolute Gasteiger partial charge is 0.392 e. The van der Waals surface area contributed by atoms with E-state index in [2.05, 4.69) is 5.10 Å². The summed E-state index contributed by atoms with van der Waals surface area (Å²) < 4.78 is 29.3. The normalized spacial score (nSPS) is 13.1. The summed E-state index contributed by atoms with van der Waals surface area (Å²) in [5.41, 5.74) is 1.60. The molecule has 126 valence electrons. The molecule has 2 rings (SSSR count). The molecule has 1 N–H and O–H groups in total. The number of hydrogen-bond donors (Lipinski definition) is 1. The van der Waals surface area contributed by atoms with Crippen LogP contribution in [0.15, 0.2) is 35.2 Å². The molecule has 0 bridgehead atoms. The molecule has 0 spiro atoms. The number of sulfonamides is 1. The van der Waals surface area contributed by atoms with Crippen molar-refractivity contribution < 1.29 is 13.5 Å². The summed E-state index contributed by atoms with van der Waals surface area (Å²) >= 11 is 0. The first-order valence-corrected chi connectivity index (χ1v) is 9.02. The Morgan fingerprint density at radius 3 is 2.35 bits per heavy atom.